The minimum Gasteiger partial charge on any atom is -0.497 e. The summed E-state index contributed by atoms with van der Waals surface area (Å²) in [4.78, 5) is 26.8. The molecule has 3 heterocycles. The number of benzene rings is 1. The van der Waals surface area contributed by atoms with Crippen LogP contribution in [0.4, 0.5) is 11.6 Å². The van der Waals surface area contributed by atoms with Crippen LogP contribution >= 0.6 is 23.5 Å². The first kappa shape index (κ1) is 17.0. The highest BCUT2D eigenvalue weighted by molar-refractivity contribution is 8.19. The molecule has 8 nitrogen and oxygen atoms in total. The number of amides is 1. The number of carbonyl (C=O) groups excluding carboxylic acids is 1. The van der Waals surface area contributed by atoms with Gasteiger partial charge in [0, 0.05) is 24.6 Å². The quantitative estimate of drug-likeness (QED) is 0.809. The van der Waals surface area contributed by atoms with Crippen LogP contribution < -0.4 is 9.64 Å². The van der Waals surface area contributed by atoms with E-state index >= 15 is 0 Å². The highest BCUT2D eigenvalue weighted by Gasteiger charge is 2.38. The van der Waals surface area contributed by atoms with Gasteiger partial charge >= 0.3 is 0 Å². The number of methoxy groups -OCH3 is 1. The maximum Gasteiger partial charge on any atom is 0.269 e. The lowest BCUT2D eigenvalue weighted by Gasteiger charge is -2.15. The Morgan fingerprint density at radius 1 is 1.35 bits per heavy atom. The molecule has 0 bridgehead atoms. The van der Waals surface area contributed by atoms with Crippen LogP contribution in [0.3, 0.4) is 0 Å². The predicted molar refractivity (Wildman–Crippen MR) is 103 cm³/mol. The summed E-state index contributed by atoms with van der Waals surface area (Å²) < 4.78 is 5.31. The molecule has 134 valence electrons. The molecular weight excluding hydrogens is 372 g/mol. The number of rotatable bonds is 3. The second kappa shape index (κ2) is 6.69. The lowest BCUT2D eigenvalue weighted by molar-refractivity contribution is -0.122. The molecule has 1 aromatic carbocycles. The third kappa shape index (κ3) is 2.74. The Balaban J connectivity index is 1.72. The molecule has 10 heteroatoms. The second-order valence-corrected chi connectivity index (χ2v) is 7.49. The lowest BCUT2D eigenvalue weighted by Crippen LogP contribution is -2.29. The van der Waals surface area contributed by atoms with Gasteiger partial charge in [-0.2, -0.15) is 15.1 Å². The van der Waals surface area contributed by atoms with Crippen molar-refractivity contribution in [1.29, 1.82) is 0 Å². The highest BCUT2D eigenvalue weighted by Crippen LogP contribution is 2.50. The SMILES string of the molecule is CCN1C(=O)/C(=C2/Sc3ccc(OC)cc3N2C)S/C1=N\c1ncn[nH]1. The number of ether oxygens (including phenoxy) is 1. The van der Waals surface area contributed by atoms with Crippen molar-refractivity contribution in [2.24, 2.45) is 4.99 Å². The van der Waals surface area contributed by atoms with Crippen molar-refractivity contribution in [3.8, 4) is 5.75 Å². The Morgan fingerprint density at radius 3 is 2.88 bits per heavy atom. The smallest absolute Gasteiger partial charge is 0.269 e. The molecule has 2 aliphatic heterocycles. The number of nitrogens with one attached hydrogen (secondary N) is 1. The van der Waals surface area contributed by atoms with Gasteiger partial charge in [0.25, 0.3) is 5.91 Å². The number of aliphatic imine (C=N–C) groups is 1. The maximum absolute atomic E-state index is 12.9. The molecule has 0 radical (unpaired) electrons. The van der Waals surface area contributed by atoms with E-state index in [1.54, 1.807) is 23.8 Å². The largest absolute Gasteiger partial charge is 0.497 e. The summed E-state index contributed by atoms with van der Waals surface area (Å²) >= 11 is 2.93. The lowest BCUT2D eigenvalue weighted by atomic mass is 10.3. The van der Waals surface area contributed by atoms with Crippen molar-refractivity contribution in [1.82, 2.24) is 20.1 Å². The van der Waals surface area contributed by atoms with Crippen LogP contribution in [0.2, 0.25) is 0 Å². The van der Waals surface area contributed by atoms with Crippen LogP contribution in [-0.2, 0) is 4.79 Å². The zero-order valence-electron chi connectivity index (χ0n) is 14.4. The second-order valence-electron chi connectivity index (χ2n) is 5.48. The Morgan fingerprint density at radius 2 is 2.19 bits per heavy atom. The van der Waals surface area contributed by atoms with Gasteiger partial charge in [0.05, 0.1) is 17.8 Å². The molecule has 0 aliphatic carbocycles. The first-order chi connectivity index (χ1) is 12.6. The number of carbonyl (C=O) groups is 1. The summed E-state index contributed by atoms with van der Waals surface area (Å²) in [5, 5.41) is 7.98. The number of hydrogen-bond acceptors (Lipinski definition) is 8. The molecule has 1 fully saturated rings. The van der Waals surface area contributed by atoms with E-state index in [2.05, 4.69) is 20.2 Å². The average molecular weight is 388 g/mol. The highest BCUT2D eigenvalue weighted by atomic mass is 32.2. The van der Waals surface area contributed by atoms with Crippen molar-refractivity contribution < 1.29 is 9.53 Å². The summed E-state index contributed by atoms with van der Waals surface area (Å²) in [6.45, 7) is 2.46. The fourth-order valence-electron chi connectivity index (χ4n) is 2.69. The van der Waals surface area contributed by atoms with E-state index in [9.17, 15) is 4.79 Å². The van der Waals surface area contributed by atoms with Gasteiger partial charge in [-0.05, 0) is 30.8 Å². The number of hydrogen-bond donors (Lipinski definition) is 1. The number of aromatic nitrogens is 3. The summed E-state index contributed by atoms with van der Waals surface area (Å²) in [6.07, 6.45) is 1.39. The van der Waals surface area contributed by atoms with Gasteiger partial charge in [0.15, 0.2) is 5.17 Å². The van der Waals surface area contributed by atoms with Crippen molar-refractivity contribution >= 4 is 46.2 Å². The normalized spacial score (nSPS) is 21.0. The van der Waals surface area contributed by atoms with Gasteiger partial charge in [-0.1, -0.05) is 11.8 Å². The van der Waals surface area contributed by atoms with E-state index < -0.39 is 0 Å². The Labute approximate surface area is 158 Å². The fourth-order valence-corrected chi connectivity index (χ4v) is 5.06. The van der Waals surface area contributed by atoms with Crippen molar-refractivity contribution in [3.05, 3.63) is 34.5 Å². The number of thioether (sulfide) groups is 2. The zero-order valence-corrected chi connectivity index (χ0v) is 16.0. The maximum atomic E-state index is 12.9. The molecule has 1 N–H and O–H groups in total. The van der Waals surface area contributed by atoms with Crippen LogP contribution in [0.15, 0.2) is 44.3 Å². The summed E-state index contributed by atoms with van der Waals surface area (Å²) in [6, 6.07) is 5.90. The molecule has 4 rings (SSSR count). The average Bonchev–Trinajstić information content (AvgIpc) is 3.34. The molecular formula is C16H16N6O2S2. The number of nitrogens with zero attached hydrogens (tertiary/aromatic N) is 5. The first-order valence-electron chi connectivity index (χ1n) is 7.90. The van der Waals surface area contributed by atoms with Gasteiger partial charge < -0.3 is 9.64 Å². The standard InChI is InChI=1S/C16H16N6O2S2/c1-4-22-13(23)12(26-16(22)19-15-17-8-18-20-15)14-21(2)10-7-9(24-3)5-6-11(10)25-14/h5-8H,4H2,1-3H3,(H,17,18,20)/b14-12-,19-16-. The van der Waals surface area contributed by atoms with Crippen molar-refractivity contribution in [3.63, 3.8) is 0 Å². The molecule has 1 aromatic heterocycles. The fraction of sp³-hybridized carbons (Fsp3) is 0.250. The van der Waals surface area contributed by atoms with Crippen LogP contribution in [0.1, 0.15) is 6.92 Å². The van der Waals surface area contributed by atoms with E-state index in [4.69, 9.17) is 4.74 Å². The third-order valence-electron chi connectivity index (χ3n) is 4.02. The molecule has 2 aromatic rings. The van der Waals surface area contributed by atoms with Crippen LogP contribution in [0.25, 0.3) is 0 Å². The van der Waals surface area contributed by atoms with E-state index in [1.165, 1.54) is 18.1 Å². The molecule has 2 aliphatic rings. The number of aromatic amines is 1. The topological polar surface area (TPSA) is 86.7 Å². The summed E-state index contributed by atoms with van der Waals surface area (Å²) in [5.41, 5.74) is 1.02. The van der Waals surface area contributed by atoms with Gasteiger partial charge in [-0.3, -0.25) is 9.69 Å². The predicted octanol–water partition coefficient (Wildman–Crippen LogP) is 2.81. The molecule has 0 atom stereocenters. The van der Waals surface area contributed by atoms with Crippen LogP contribution in [0.5, 0.6) is 5.75 Å². The van der Waals surface area contributed by atoms with Gasteiger partial charge in [0.1, 0.15) is 17.0 Å². The molecule has 26 heavy (non-hydrogen) atoms. The van der Waals surface area contributed by atoms with E-state index in [1.807, 2.05) is 37.1 Å². The Hall–Kier alpha value is -2.46. The minimum atomic E-state index is -0.0510. The summed E-state index contributed by atoms with van der Waals surface area (Å²) in [7, 11) is 3.60. The minimum absolute atomic E-state index is 0.0510. The first-order valence-corrected chi connectivity index (χ1v) is 9.53. The molecule has 0 saturated carbocycles. The molecule has 0 unspecified atom stereocenters. The van der Waals surface area contributed by atoms with Crippen molar-refractivity contribution in [2.75, 3.05) is 25.6 Å². The van der Waals surface area contributed by atoms with Crippen molar-refractivity contribution in [2.45, 2.75) is 11.8 Å². The van der Waals surface area contributed by atoms with Gasteiger partial charge in [-0.15, -0.1) is 0 Å². The van der Waals surface area contributed by atoms with E-state index in [0.29, 0.717) is 22.6 Å². The summed E-state index contributed by atoms with van der Waals surface area (Å²) in [5.74, 6) is 1.12. The molecule has 1 amide bonds. The Kier molecular flexibility index (Phi) is 4.37. The zero-order chi connectivity index (χ0) is 18.3. The number of anilines is 1. The third-order valence-corrected chi connectivity index (χ3v) is 6.45. The van der Waals surface area contributed by atoms with Gasteiger partial charge in [-0.25, -0.2) is 5.10 Å². The number of likely N-dealkylation sites (N-methyl/N-ethyl adjacent to an activating group) is 1. The van der Waals surface area contributed by atoms with Crippen LogP contribution in [0, 0.1) is 0 Å². The van der Waals surface area contributed by atoms with Gasteiger partial charge in [0.2, 0.25) is 5.95 Å². The molecule has 0 spiro atoms. The molecule has 1 saturated heterocycles. The van der Waals surface area contributed by atoms with E-state index in [0.717, 1.165) is 21.4 Å². The number of H-pyrrole nitrogens is 1. The Bertz CT molecular complexity index is 925. The van der Waals surface area contributed by atoms with E-state index in [-0.39, 0.29) is 5.91 Å². The van der Waals surface area contributed by atoms with Crippen LogP contribution in [-0.4, -0.2) is 51.9 Å². The number of amidine groups is 1. The number of fused-ring (bicyclic) bond motifs is 1. The monoisotopic (exact) mass is 388 g/mol.